The average Bonchev–Trinajstić information content (AvgIpc) is 3.74. The van der Waals surface area contributed by atoms with Crippen LogP contribution in [0.5, 0.6) is 0 Å². The van der Waals surface area contributed by atoms with E-state index in [1.54, 1.807) is 0 Å². The van der Waals surface area contributed by atoms with Gasteiger partial charge in [0.15, 0.2) is 0 Å². The van der Waals surface area contributed by atoms with Crippen molar-refractivity contribution in [3.05, 3.63) is 170 Å². The molecule has 0 fully saturated rings. The van der Waals surface area contributed by atoms with Gasteiger partial charge in [0.2, 0.25) is 0 Å². The number of hydrogen-bond acceptors (Lipinski definition) is 2. The Labute approximate surface area is 297 Å². The summed E-state index contributed by atoms with van der Waals surface area (Å²) in [5.74, 6) is 0. The van der Waals surface area contributed by atoms with Gasteiger partial charge < -0.3 is 0 Å². The van der Waals surface area contributed by atoms with E-state index in [0.717, 1.165) is 0 Å². The molecule has 50 heavy (non-hydrogen) atoms. The molecule has 11 rings (SSSR count). The summed E-state index contributed by atoms with van der Waals surface area (Å²) in [6.45, 7) is 0. The average molecular weight is 669 g/mol. The minimum Gasteiger partial charge on any atom is -0.135 e. The Kier molecular flexibility index (Phi) is 6.09. The molecule has 2 aromatic heterocycles. The molecule has 11 aromatic rings. The Balaban J connectivity index is 1.04. The summed E-state index contributed by atoms with van der Waals surface area (Å²) in [6, 6.07) is 63.0. The largest absolute Gasteiger partial charge is 0.135 e. The molecule has 0 aliphatic rings. The Morgan fingerprint density at radius 1 is 0.260 bits per heavy atom. The van der Waals surface area contributed by atoms with Crippen LogP contribution in [0.4, 0.5) is 0 Å². The lowest BCUT2D eigenvalue weighted by atomic mass is 9.85. The summed E-state index contributed by atoms with van der Waals surface area (Å²) in [7, 11) is 0. The Morgan fingerprint density at radius 3 is 1.38 bits per heavy atom. The van der Waals surface area contributed by atoms with Crippen molar-refractivity contribution in [1.29, 1.82) is 0 Å². The SMILES string of the molecule is c1ccc(-c2c3ccccc3c(-c3ccc4cc(-c5ccc6c(c5)sc5ccc7sc8ccccc8c7c56)ccc4c3)c3ccccc23)cc1. The van der Waals surface area contributed by atoms with Gasteiger partial charge in [-0.15, -0.1) is 22.7 Å². The van der Waals surface area contributed by atoms with Gasteiger partial charge in [-0.3, -0.25) is 0 Å². The second-order valence-corrected chi connectivity index (χ2v) is 15.4. The molecule has 2 heterocycles. The molecule has 0 amide bonds. The maximum absolute atomic E-state index is 2.39. The summed E-state index contributed by atoms with van der Waals surface area (Å²) >= 11 is 3.80. The van der Waals surface area contributed by atoms with Crippen LogP contribution in [0, 0.1) is 0 Å². The predicted molar refractivity (Wildman–Crippen MR) is 221 cm³/mol. The van der Waals surface area contributed by atoms with Gasteiger partial charge in [-0.25, -0.2) is 0 Å². The summed E-state index contributed by atoms with van der Waals surface area (Å²) in [4.78, 5) is 0. The maximum atomic E-state index is 2.39. The van der Waals surface area contributed by atoms with Crippen molar-refractivity contribution in [3.8, 4) is 33.4 Å². The molecule has 0 radical (unpaired) electrons. The summed E-state index contributed by atoms with van der Waals surface area (Å²) in [5.41, 5.74) is 7.60. The normalized spacial score (nSPS) is 12.0. The molecule has 0 atom stereocenters. The number of fused-ring (bicyclic) bond motifs is 10. The van der Waals surface area contributed by atoms with E-state index in [9.17, 15) is 0 Å². The second-order valence-electron chi connectivity index (χ2n) is 13.2. The van der Waals surface area contributed by atoms with Crippen LogP contribution in [0.15, 0.2) is 170 Å². The van der Waals surface area contributed by atoms with Gasteiger partial charge >= 0.3 is 0 Å². The monoisotopic (exact) mass is 668 g/mol. The fraction of sp³-hybridized carbons (Fsp3) is 0. The van der Waals surface area contributed by atoms with Gasteiger partial charge in [0.05, 0.1) is 0 Å². The zero-order valence-electron chi connectivity index (χ0n) is 27.0. The molecule has 0 nitrogen and oxygen atoms in total. The van der Waals surface area contributed by atoms with Crippen molar-refractivity contribution in [2.45, 2.75) is 0 Å². The third-order valence-corrected chi connectivity index (χ3v) is 12.7. The lowest BCUT2D eigenvalue weighted by molar-refractivity contribution is 1.66. The van der Waals surface area contributed by atoms with Crippen LogP contribution in [-0.4, -0.2) is 0 Å². The van der Waals surface area contributed by atoms with E-state index in [1.165, 1.54) is 106 Å². The van der Waals surface area contributed by atoms with Gasteiger partial charge in [-0.1, -0.05) is 133 Å². The van der Waals surface area contributed by atoms with E-state index in [0.29, 0.717) is 0 Å². The third-order valence-electron chi connectivity index (χ3n) is 10.4. The van der Waals surface area contributed by atoms with E-state index in [-0.39, 0.29) is 0 Å². The molecular weight excluding hydrogens is 641 g/mol. The Hall–Kier alpha value is -5.80. The molecule has 0 saturated carbocycles. The minimum absolute atomic E-state index is 1.25. The molecule has 0 unspecified atom stereocenters. The molecular formula is C48H28S2. The zero-order chi connectivity index (χ0) is 32.8. The first-order valence-electron chi connectivity index (χ1n) is 17.1. The summed E-state index contributed by atoms with van der Waals surface area (Å²) < 4.78 is 5.42. The van der Waals surface area contributed by atoms with Crippen LogP contribution in [0.3, 0.4) is 0 Å². The van der Waals surface area contributed by atoms with Crippen molar-refractivity contribution >= 4 is 95.3 Å². The number of hydrogen-bond donors (Lipinski definition) is 0. The van der Waals surface area contributed by atoms with Crippen molar-refractivity contribution < 1.29 is 0 Å². The number of benzene rings is 9. The van der Waals surface area contributed by atoms with Gasteiger partial charge in [0.1, 0.15) is 0 Å². The van der Waals surface area contributed by atoms with Crippen LogP contribution in [0.25, 0.3) is 106 Å². The molecule has 9 aromatic carbocycles. The number of thiophene rings is 2. The molecule has 232 valence electrons. The quantitative estimate of drug-likeness (QED) is 0.164. The second kappa shape index (κ2) is 10.9. The highest BCUT2D eigenvalue weighted by Gasteiger charge is 2.17. The van der Waals surface area contributed by atoms with E-state index in [4.69, 9.17) is 0 Å². The van der Waals surface area contributed by atoms with Crippen LogP contribution in [-0.2, 0) is 0 Å². The van der Waals surface area contributed by atoms with Crippen LogP contribution in [0.1, 0.15) is 0 Å². The van der Waals surface area contributed by atoms with Crippen molar-refractivity contribution in [1.82, 2.24) is 0 Å². The zero-order valence-corrected chi connectivity index (χ0v) is 28.6. The molecule has 0 N–H and O–H groups in total. The Bertz CT molecular complexity index is 3080. The van der Waals surface area contributed by atoms with Crippen LogP contribution >= 0.6 is 22.7 Å². The maximum Gasteiger partial charge on any atom is 0.0362 e. The molecule has 0 spiro atoms. The lowest BCUT2D eigenvalue weighted by Crippen LogP contribution is -1.90. The molecule has 0 saturated heterocycles. The smallest absolute Gasteiger partial charge is 0.0362 e. The first-order valence-corrected chi connectivity index (χ1v) is 18.7. The fourth-order valence-electron chi connectivity index (χ4n) is 8.20. The fourth-order valence-corrected chi connectivity index (χ4v) is 10.5. The van der Waals surface area contributed by atoms with E-state index >= 15 is 0 Å². The molecule has 2 heteroatoms. The Morgan fingerprint density at radius 2 is 0.720 bits per heavy atom. The number of rotatable bonds is 3. The van der Waals surface area contributed by atoms with E-state index < -0.39 is 0 Å². The predicted octanol–water partition coefficient (Wildman–Crippen LogP) is 14.9. The van der Waals surface area contributed by atoms with Gasteiger partial charge in [0.25, 0.3) is 0 Å². The van der Waals surface area contributed by atoms with Crippen LogP contribution in [0.2, 0.25) is 0 Å². The van der Waals surface area contributed by atoms with Gasteiger partial charge in [-0.05, 0) is 102 Å². The van der Waals surface area contributed by atoms with Crippen molar-refractivity contribution in [3.63, 3.8) is 0 Å². The van der Waals surface area contributed by atoms with Gasteiger partial charge in [-0.2, -0.15) is 0 Å². The van der Waals surface area contributed by atoms with Gasteiger partial charge in [0, 0.05) is 40.3 Å². The topological polar surface area (TPSA) is 0 Å². The highest BCUT2D eigenvalue weighted by molar-refractivity contribution is 7.28. The molecule has 0 bridgehead atoms. The van der Waals surface area contributed by atoms with E-state index in [2.05, 4.69) is 170 Å². The van der Waals surface area contributed by atoms with E-state index in [1.807, 2.05) is 22.7 Å². The van der Waals surface area contributed by atoms with Crippen molar-refractivity contribution in [2.24, 2.45) is 0 Å². The standard InChI is InChI=1S/C48H28S2/c1-2-10-29(11-3-1)45-35-12-4-6-14-37(35)46(38-15-7-5-13-36(38)45)34-21-20-30-26-31(18-19-32(30)27-34)33-22-23-40-44(28-33)50-43-25-24-42-47(48(40)43)39-16-8-9-17-41(39)49-42/h1-28H. The first kappa shape index (κ1) is 28.1. The third kappa shape index (κ3) is 4.16. The highest BCUT2D eigenvalue weighted by atomic mass is 32.1. The minimum atomic E-state index is 1.25. The highest BCUT2D eigenvalue weighted by Crippen LogP contribution is 2.46. The molecule has 0 aliphatic heterocycles. The lowest BCUT2D eigenvalue weighted by Gasteiger charge is -2.18. The van der Waals surface area contributed by atoms with Crippen molar-refractivity contribution in [2.75, 3.05) is 0 Å². The van der Waals surface area contributed by atoms with Crippen LogP contribution < -0.4 is 0 Å². The summed E-state index contributed by atoms with van der Waals surface area (Å²) in [5, 5.41) is 13.2. The first-order chi connectivity index (χ1) is 24.8. The summed E-state index contributed by atoms with van der Waals surface area (Å²) in [6.07, 6.45) is 0. The molecule has 0 aliphatic carbocycles.